The summed E-state index contributed by atoms with van der Waals surface area (Å²) in [5, 5.41) is 13.4. The zero-order valence-electron chi connectivity index (χ0n) is 22.4. The van der Waals surface area contributed by atoms with Crippen molar-refractivity contribution in [3.05, 3.63) is 60.2 Å². The summed E-state index contributed by atoms with van der Waals surface area (Å²) in [6, 6.07) is 15.1. The molecule has 2 aromatic carbocycles. The molecule has 0 aromatic heterocycles. The molecule has 2 fully saturated rings. The molecule has 1 amide bonds. The fourth-order valence-corrected chi connectivity index (χ4v) is 6.51. The Morgan fingerprint density at radius 2 is 1.85 bits per heavy atom. The van der Waals surface area contributed by atoms with Gasteiger partial charge in [-0.1, -0.05) is 44.2 Å². The highest BCUT2D eigenvalue weighted by Gasteiger charge is 2.43. The van der Waals surface area contributed by atoms with Crippen molar-refractivity contribution in [1.29, 1.82) is 0 Å². The summed E-state index contributed by atoms with van der Waals surface area (Å²) in [6.45, 7) is 4.81. The number of sulfonamides is 1. The maximum Gasteiger partial charge on any atom is 0.411 e. The predicted octanol–water partition coefficient (Wildman–Crippen LogP) is 2.96. The van der Waals surface area contributed by atoms with Gasteiger partial charge in [-0.15, -0.1) is 0 Å². The van der Waals surface area contributed by atoms with Crippen molar-refractivity contribution < 1.29 is 32.5 Å². The number of hydrogen-bond donors (Lipinski definition) is 3. The number of ether oxygens (including phenoxy) is 3. The van der Waals surface area contributed by atoms with Gasteiger partial charge in [-0.2, -0.15) is 4.31 Å². The van der Waals surface area contributed by atoms with E-state index < -0.39 is 28.3 Å². The predicted molar refractivity (Wildman–Crippen MR) is 146 cm³/mol. The van der Waals surface area contributed by atoms with E-state index in [0.29, 0.717) is 25.1 Å². The highest BCUT2D eigenvalue weighted by Crippen LogP contribution is 2.33. The lowest BCUT2D eigenvalue weighted by molar-refractivity contribution is -0.0907. The minimum Gasteiger partial charge on any atom is -0.443 e. The number of fused-ring (bicyclic) bond motifs is 1. The molecule has 2 saturated heterocycles. The van der Waals surface area contributed by atoms with Crippen molar-refractivity contribution >= 4 is 21.8 Å². The van der Waals surface area contributed by atoms with Crippen LogP contribution in [0, 0.1) is 11.8 Å². The highest BCUT2D eigenvalue weighted by molar-refractivity contribution is 7.89. The first-order valence-electron chi connectivity index (χ1n) is 13.4. The number of benzene rings is 2. The Morgan fingerprint density at radius 3 is 2.54 bits per heavy atom. The second-order valence-electron chi connectivity index (χ2n) is 10.6. The topological polar surface area (TPSA) is 140 Å². The van der Waals surface area contributed by atoms with Gasteiger partial charge in [0.2, 0.25) is 10.0 Å². The van der Waals surface area contributed by atoms with Crippen LogP contribution in [-0.2, 0) is 30.7 Å². The number of carbonyl (C=O) groups is 1. The SMILES string of the molecule is CC(C)CN(C[C@@H](O)[C@@H](N)CCc1ccccc1)S(=O)(=O)c1ccc(NC(=O)O[C@@H]2CO[C@@H]3OCC[C@@H]32)cc1. The second-order valence-corrected chi connectivity index (χ2v) is 12.5. The molecule has 39 heavy (non-hydrogen) atoms. The van der Waals surface area contributed by atoms with Gasteiger partial charge in [-0.3, -0.25) is 5.32 Å². The van der Waals surface area contributed by atoms with Crippen molar-refractivity contribution in [2.75, 3.05) is 31.6 Å². The van der Waals surface area contributed by atoms with Crippen LogP contribution in [0.1, 0.15) is 32.3 Å². The minimum absolute atomic E-state index is 0.0250. The first-order valence-corrected chi connectivity index (χ1v) is 14.9. The fraction of sp³-hybridized carbons (Fsp3) is 0.536. The number of aryl methyl sites for hydroxylation is 1. The van der Waals surface area contributed by atoms with Crippen molar-refractivity contribution in [3.63, 3.8) is 0 Å². The van der Waals surface area contributed by atoms with Gasteiger partial charge in [-0.05, 0) is 55.0 Å². The van der Waals surface area contributed by atoms with Gasteiger partial charge in [0.25, 0.3) is 0 Å². The molecule has 0 radical (unpaired) electrons. The summed E-state index contributed by atoms with van der Waals surface area (Å²) in [7, 11) is -3.92. The highest BCUT2D eigenvalue weighted by atomic mass is 32.2. The Kier molecular flexibility index (Phi) is 9.97. The van der Waals surface area contributed by atoms with Crippen LogP contribution in [0.15, 0.2) is 59.5 Å². The van der Waals surface area contributed by atoms with E-state index >= 15 is 0 Å². The number of anilines is 1. The number of nitrogens with zero attached hydrogens (tertiary/aromatic N) is 1. The number of nitrogens with one attached hydrogen (secondary N) is 1. The van der Waals surface area contributed by atoms with E-state index in [1.54, 1.807) is 0 Å². The van der Waals surface area contributed by atoms with Gasteiger partial charge < -0.3 is 25.1 Å². The molecule has 0 unspecified atom stereocenters. The molecular weight excluding hydrogens is 522 g/mol. The van der Waals surface area contributed by atoms with Crippen LogP contribution >= 0.6 is 0 Å². The third-order valence-corrected chi connectivity index (χ3v) is 8.89. The lowest BCUT2D eigenvalue weighted by atomic mass is 10.0. The molecule has 2 aliphatic heterocycles. The molecule has 2 aliphatic rings. The second kappa shape index (κ2) is 13.2. The Hall–Kier alpha value is -2.54. The molecule has 0 saturated carbocycles. The van der Waals surface area contributed by atoms with Crippen LogP contribution in [-0.4, -0.2) is 74.8 Å². The van der Waals surface area contributed by atoms with Crippen LogP contribution in [0.3, 0.4) is 0 Å². The number of carbonyl (C=O) groups excluding carboxylic acids is 1. The lowest BCUT2D eigenvalue weighted by Crippen LogP contribution is -2.46. The maximum absolute atomic E-state index is 13.5. The molecule has 214 valence electrons. The van der Waals surface area contributed by atoms with Crippen LogP contribution in [0.4, 0.5) is 10.5 Å². The minimum atomic E-state index is -3.92. The van der Waals surface area contributed by atoms with E-state index in [4.69, 9.17) is 19.9 Å². The first kappa shape index (κ1) is 29.4. The van der Waals surface area contributed by atoms with E-state index in [2.05, 4.69) is 5.32 Å². The van der Waals surface area contributed by atoms with Crippen LogP contribution < -0.4 is 11.1 Å². The Bertz CT molecular complexity index is 1180. The molecule has 2 aromatic rings. The van der Waals surface area contributed by atoms with Gasteiger partial charge >= 0.3 is 6.09 Å². The Balaban J connectivity index is 1.35. The molecule has 5 atom stereocenters. The van der Waals surface area contributed by atoms with Crippen LogP contribution in [0.2, 0.25) is 0 Å². The fourth-order valence-electron chi connectivity index (χ4n) is 4.88. The maximum atomic E-state index is 13.5. The van der Waals surface area contributed by atoms with Gasteiger partial charge in [0.1, 0.15) is 6.10 Å². The van der Waals surface area contributed by atoms with E-state index in [1.807, 2.05) is 44.2 Å². The van der Waals surface area contributed by atoms with Crippen molar-refractivity contribution in [3.8, 4) is 0 Å². The lowest BCUT2D eigenvalue weighted by Gasteiger charge is -2.28. The molecule has 2 heterocycles. The molecule has 0 spiro atoms. The largest absolute Gasteiger partial charge is 0.443 e. The van der Waals surface area contributed by atoms with Crippen LogP contribution in [0.5, 0.6) is 0 Å². The average molecular weight is 562 g/mol. The zero-order valence-corrected chi connectivity index (χ0v) is 23.3. The summed E-state index contributed by atoms with van der Waals surface area (Å²) >= 11 is 0. The Labute approximate surface area is 230 Å². The normalized spacial score (nSPS) is 22.6. The molecule has 0 bridgehead atoms. The Morgan fingerprint density at radius 1 is 1.13 bits per heavy atom. The standard InChI is InChI=1S/C28H39N3O7S/c1-19(2)16-31(17-25(32)24(29)13-8-20-6-4-3-5-7-20)39(34,35)22-11-9-21(10-12-22)30-28(33)38-26-18-37-27-23(26)14-15-36-27/h3-7,9-12,19,23-27,32H,8,13-18,29H2,1-2H3,(H,30,33)/t23-,24+,25-,26-,27+/m1/s1. The van der Waals surface area contributed by atoms with Gasteiger partial charge in [0.15, 0.2) is 6.29 Å². The van der Waals surface area contributed by atoms with Crippen molar-refractivity contribution in [1.82, 2.24) is 4.31 Å². The third kappa shape index (κ3) is 7.77. The van der Waals surface area contributed by atoms with E-state index in [1.165, 1.54) is 28.6 Å². The molecule has 4 N–H and O–H groups in total. The zero-order chi connectivity index (χ0) is 28.0. The number of aliphatic hydroxyl groups is 1. The smallest absolute Gasteiger partial charge is 0.411 e. The summed E-state index contributed by atoms with van der Waals surface area (Å²) < 4.78 is 44.7. The summed E-state index contributed by atoms with van der Waals surface area (Å²) in [5.74, 6) is 0.0599. The van der Waals surface area contributed by atoms with E-state index in [-0.39, 0.29) is 48.8 Å². The molecule has 10 nitrogen and oxygen atoms in total. The number of hydrogen-bond acceptors (Lipinski definition) is 8. The van der Waals surface area contributed by atoms with Crippen LogP contribution in [0.25, 0.3) is 0 Å². The molecule has 0 aliphatic carbocycles. The summed E-state index contributed by atoms with van der Waals surface area (Å²) in [5.41, 5.74) is 7.75. The van der Waals surface area contributed by atoms with Crippen molar-refractivity contribution in [2.24, 2.45) is 17.6 Å². The molecule has 11 heteroatoms. The van der Waals surface area contributed by atoms with E-state index in [0.717, 1.165) is 12.0 Å². The van der Waals surface area contributed by atoms with E-state index in [9.17, 15) is 18.3 Å². The first-order chi connectivity index (χ1) is 18.6. The van der Waals surface area contributed by atoms with Gasteiger partial charge in [0.05, 0.1) is 30.1 Å². The monoisotopic (exact) mass is 561 g/mol. The summed E-state index contributed by atoms with van der Waals surface area (Å²) in [6.07, 6.45) is -0.378. The summed E-state index contributed by atoms with van der Waals surface area (Å²) in [4.78, 5) is 12.5. The van der Waals surface area contributed by atoms with Gasteiger partial charge in [-0.25, -0.2) is 13.2 Å². The number of aliphatic hydroxyl groups excluding tert-OH is 1. The van der Waals surface area contributed by atoms with Gasteiger partial charge in [0, 0.05) is 24.8 Å². The quantitative estimate of drug-likeness (QED) is 0.359. The number of rotatable bonds is 12. The average Bonchev–Trinajstić information content (AvgIpc) is 3.52. The molecule has 4 rings (SSSR count). The number of nitrogens with two attached hydrogens (primary N) is 1. The third-order valence-electron chi connectivity index (χ3n) is 7.04. The number of amides is 1. The van der Waals surface area contributed by atoms with Crippen molar-refractivity contribution in [2.45, 2.75) is 62.5 Å². The molecular formula is C28H39N3O7S.